The van der Waals surface area contributed by atoms with E-state index in [1.54, 1.807) is 18.2 Å². The third kappa shape index (κ3) is 3.71. The number of sulfonamides is 1. The summed E-state index contributed by atoms with van der Waals surface area (Å²) >= 11 is 0. The first-order valence-electron chi connectivity index (χ1n) is 8.50. The fourth-order valence-corrected chi connectivity index (χ4v) is 4.90. The Hall–Kier alpha value is -2.55. The van der Waals surface area contributed by atoms with Gasteiger partial charge in [-0.05, 0) is 48.4 Å². The largest absolute Gasteiger partial charge is 0.497 e. The van der Waals surface area contributed by atoms with E-state index < -0.39 is 26.7 Å². The topological polar surface area (TPSA) is 63.7 Å². The summed E-state index contributed by atoms with van der Waals surface area (Å²) in [6.45, 7) is 0.0505. The van der Waals surface area contributed by atoms with Crippen LogP contribution in [0.3, 0.4) is 0 Å². The van der Waals surface area contributed by atoms with Gasteiger partial charge in [-0.3, -0.25) is 4.31 Å². The monoisotopic (exact) mass is 413 g/mol. The summed E-state index contributed by atoms with van der Waals surface area (Å²) < 4.78 is 71.5. The second-order valence-corrected chi connectivity index (χ2v) is 8.29. The Bertz CT molecular complexity index is 989. The smallest absolute Gasteiger partial charge is 0.416 e. The summed E-state index contributed by atoms with van der Waals surface area (Å²) in [4.78, 5) is 10.3. The van der Waals surface area contributed by atoms with Crippen LogP contribution in [0.4, 0.5) is 18.9 Å². The van der Waals surface area contributed by atoms with Crippen LogP contribution in [0.5, 0.6) is 5.75 Å². The number of hydrogen-bond acceptors (Lipinski definition) is 4. The lowest BCUT2D eigenvalue weighted by Gasteiger charge is -2.21. The molecule has 1 heterocycles. The Balaban J connectivity index is 2.05. The third-order valence-corrected chi connectivity index (χ3v) is 6.49. The van der Waals surface area contributed by atoms with Gasteiger partial charge in [0.2, 0.25) is 0 Å². The molecule has 0 aromatic heterocycles. The molecule has 0 spiro atoms. The Morgan fingerprint density at radius 1 is 1.21 bits per heavy atom. The molecule has 28 heavy (non-hydrogen) atoms. The zero-order chi connectivity index (χ0) is 20.5. The number of ether oxygens (including phenoxy) is 1. The van der Waals surface area contributed by atoms with Crippen molar-refractivity contribution >= 4 is 22.0 Å². The molecule has 0 radical (unpaired) electrons. The lowest BCUT2D eigenvalue weighted by atomic mass is 9.96. The Labute approximate surface area is 160 Å². The highest BCUT2D eigenvalue weighted by Gasteiger charge is 2.38. The van der Waals surface area contributed by atoms with E-state index in [0.717, 1.165) is 28.8 Å². The molecule has 0 N–H and O–H groups in total. The molecule has 2 aromatic carbocycles. The molecular weight excluding hydrogens is 395 g/mol. The first-order chi connectivity index (χ1) is 13.2. The maximum absolute atomic E-state index is 13.1. The van der Waals surface area contributed by atoms with Gasteiger partial charge in [0.05, 0.1) is 23.3 Å². The third-order valence-electron chi connectivity index (χ3n) is 4.71. The fourth-order valence-electron chi connectivity index (χ4n) is 3.31. The van der Waals surface area contributed by atoms with Crippen LogP contribution >= 0.6 is 0 Å². The fraction of sp³-hybridized carbons (Fsp3) is 0.316. The molecule has 3 rings (SSSR count). The maximum atomic E-state index is 13.1. The van der Waals surface area contributed by atoms with Gasteiger partial charge in [-0.25, -0.2) is 8.42 Å². The van der Waals surface area contributed by atoms with Crippen LogP contribution in [-0.4, -0.2) is 28.4 Å². The first kappa shape index (κ1) is 20.2. The summed E-state index contributed by atoms with van der Waals surface area (Å²) in [5.41, 5.74) is 0.0473. The molecule has 1 atom stereocenters. The summed E-state index contributed by atoms with van der Waals surface area (Å²) in [7, 11) is -2.73. The molecule has 5 nitrogen and oxygen atoms in total. The van der Waals surface area contributed by atoms with Crippen molar-refractivity contribution in [3.63, 3.8) is 0 Å². The van der Waals surface area contributed by atoms with Crippen molar-refractivity contribution in [1.29, 1.82) is 0 Å². The van der Waals surface area contributed by atoms with Gasteiger partial charge in [-0.2, -0.15) is 13.2 Å². The van der Waals surface area contributed by atoms with Crippen LogP contribution in [0.15, 0.2) is 47.4 Å². The van der Waals surface area contributed by atoms with Crippen molar-refractivity contribution in [3.8, 4) is 5.75 Å². The van der Waals surface area contributed by atoms with Crippen LogP contribution in [0, 0.1) is 0 Å². The molecule has 2 aromatic rings. The number of rotatable bonds is 6. The minimum absolute atomic E-state index is 0.0505. The van der Waals surface area contributed by atoms with E-state index >= 15 is 0 Å². The molecule has 0 saturated carbocycles. The van der Waals surface area contributed by atoms with Gasteiger partial charge in [0.25, 0.3) is 10.0 Å². The lowest BCUT2D eigenvalue weighted by molar-refractivity contribution is -0.137. The lowest BCUT2D eigenvalue weighted by Crippen LogP contribution is -2.30. The minimum atomic E-state index is -4.64. The van der Waals surface area contributed by atoms with Crippen LogP contribution in [0.1, 0.15) is 29.9 Å². The molecule has 0 amide bonds. The van der Waals surface area contributed by atoms with Crippen LogP contribution in [0.25, 0.3) is 0 Å². The molecule has 1 unspecified atom stereocenters. The molecule has 0 bridgehead atoms. The quantitative estimate of drug-likeness (QED) is 0.672. The van der Waals surface area contributed by atoms with Gasteiger partial charge in [-0.1, -0.05) is 6.07 Å². The molecule has 150 valence electrons. The van der Waals surface area contributed by atoms with Crippen molar-refractivity contribution in [3.05, 3.63) is 53.6 Å². The average Bonchev–Trinajstić information content (AvgIpc) is 3.04. The Kier molecular flexibility index (Phi) is 5.38. The summed E-state index contributed by atoms with van der Waals surface area (Å²) in [6.07, 6.45) is -3.21. The van der Waals surface area contributed by atoms with Crippen molar-refractivity contribution < 1.29 is 31.1 Å². The summed E-state index contributed by atoms with van der Waals surface area (Å²) in [5.74, 6) is 0.282. The average molecular weight is 413 g/mol. The standard InChI is InChI=1S/C19H18F3NO4S/c1-27-15-7-8-18-17(11-15)13(4-3-9-24)12-23(18)28(25,26)16-6-2-5-14(10-16)19(20,21)22/h2,5-11,13H,3-4,12H2,1H3. The van der Waals surface area contributed by atoms with Gasteiger partial charge in [0.1, 0.15) is 12.0 Å². The van der Waals surface area contributed by atoms with Crippen LogP contribution in [0.2, 0.25) is 0 Å². The number of benzene rings is 2. The molecule has 0 aliphatic carbocycles. The van der Waals surface area contributed by atoms with Gasteiger partial charge < -0.3 is 9.53 Å². The van der Waals surface area contributed by atoms with E-state index in [0.29, 0.717) is 29.5 Å². The highest BCUT2D eigenvalue weighted by atomic mass is 32.2. The number of alkyl halides is 3. The highest BCUT2D eigenvalue weighted by molar-refractivity contribution is 7.92. The number of hydrogen-bond donors (Lipinski definition) is 0. The highest BCUT2D eigenvalue weighted by Crippen LogP contribution is 2.43. The summed E-state index contributed by atoms with van der Waals surface area (Å²) in [5, 5.41) is 0. The maximum Gasteiger partial charge on any atom is 0.416 e. The van der Waals surface area contributed by atoms with Crippen molar-refractivity contribution in [2.75, 3.05) is 18.0 Å². The first-order valence-corrected chi connectivity index (χ1v) is 9.94. The van der Waals surface area contributed by atoms with Crippen molar-refractivity contribution in [2.45, 2.75) is 29.8 Å². The number of anilines is 1. The van der Waals surface area contributed by atoms with E-state index in [1.165, 1.54) is 7.11 Å². The second-order valence-electron chi connectivity index (χ2n) is 6.43. The SMILES string of the molecule is COc1ccc2c(c1)C(CCC=O)CN2S(=O)(=O)c1cccc(C(F)(F)F)c1. The number of methoxy groups -OCH3 is 1. The molecule has 0 fully saturated rings. The predicted molar refractivity (Wildman–Crippen MR) is 97.0 cm³/mol. The van der Waals surface area contributed by atoms with Crippen molar-refractivity contribution in [1.82, 2.24) is 0 Å². The molecule has 1 aliphatic rings. The normalized spacial score (nSPS) is 16.7. The van der Waals surface area contributed by atoms with Crippen LogP contribution in [-0.2, 0) is 21.0 Å². The van der Waals surface area contributed by atoms with Gasteiger partial charge in [0, 0.05) is 18.9 Å². The predicted octanol–water partition coefficient (Wildman–Crippen LogP) is 3.99. The number of halogens is 3. The van der Waals surface area contributed by atoms with Crippen LogP contribution < -0.4 is 9.04 Å². The van der Waals surface area contributed by atoms with E-state index in [9.17, 15) is 26.4 Å². The van der Waals surface area contributed by atoms with E-state index in [-0.39, 0.29) is 18.9 Å². The van der Waals surface area contributed by atoms with Crippen molar-refractivity contribution in [2.24, 2.45) is 0 Å². The zero-order valence-electron chi connectivity index (χ0n) is 14.9. The Morgan fingerprint density at radius 3 is 2.61 bits per heavy atom. The van der Waals surface area contributed by atoms with E-state index in [2.05, 4.69) is 0 Å². The van der Waals surface area contributed by atoms with Gasteiger partial charge >= 0.3 is 6.18 Å². The number of nitrogens with zero attached hydrogens (tertiary/aromatic N) is 1. The molecule has 9 heteroatoms. The molecule has 1 aliphatic heterocycles. The van der Waals surface area contributed by atoms with E-state index in [1.807, 2.05) is 0 Å². The molecular formula is C19H18F3NO4S. The zero-order valence-corrected chi connectivity index (χ0v) is 15.8. The minimum Gasteiger partial charge on any atom is -0.497 e. The van der Waals surface area contributed by atoms with Gasteiger partial charge in [0.15, 0.2) is 0 Å². The van der Waals surface area contributed by atoms with E-state index in [4.69, 9.17) is 4.74 Å². The molecule has 0 saturated heterocycles. The number of fused-ring (bicyclic) bond motifs is 1. The van der Waals surface area contributed by atoms with Gasteiger partial charge in [-0.15, -0.1) is 0 Å². The Morgan fingerprint density at radius 2 is 1.96 bits per heavy atom. The number of carbonyl (C=O) groups excluding carboxylic acids is 1. The number of aldehydes is 1. The number of carbonyl (C=O) groups is 1. The second kappa shape index (κ2) is 7.46. The summed E-state index contributed by atoms with van der Waals surface area (Å²) in [6, 6.07) is 8.55.